The van der Waals surface area contributed by atoms with Crippen LogP contribution >= 0.6 is 0 Å². The van der Waals surface area contributed by atoms with Crippen LogP contribution in [0.1, 0.15) is 24.8 Å². The third kappa shape index (κ3) is 5.33. The molecule has 0 aromatic heterocycles. The first-order chi connectivity index (χ1) is 12.0. The van der Waals surface area contributed by atoms with Gasteiger partial charge in [-0.2, -0.15) is 13.2 Å². The molecule has 1 aliphatic heterocycles. The fourth-order valence-electron chi connectivity index (χ4n) is 3.78. The van der Waals surface area contributed by atoms with Crippen LogP contribution in [-0.4, -0.2) is 44.6 Å². The normalized spacial score (nSPS) is 27.4. The molecule has 1 aliphatic carbocycles. The van der Waals surface area contributed by atoms with E-state index in [4.69, 9.17) is 9.47 Å². The number of nitrogens with one attached hydrogen (secondary N) is 2. The molecule has 1 saturated carbocycles. The molecule has 1 heterocycles. The molecule has 4 nitrogen and oxygen atoms in total. The third-order valence-corrected chi connectivity index (χ3v) is 4.96. The average Bonchev–Trinajstić information content (AvgIpc) is 3.07. The Morgan fingerprint density at radius 1 is 1.24 bits per heavy atom. The number of hydrogen-bond acceptors (Lipinski definition) is 4. The zero-order valence-electron chi connectivity index (χ0n) is 14.1. The zero-order valence-corrected chi connectivity index (χ0v) is 14.1. The second-order valence-corrected chi connectivity index (χ2v) is 6.73. The van der Waals surface area contributed by atoms with Gasteiger partial charge in [-0.1, -0.05) is 24.6 Å². The molecule has 1 aromatic carbocycles. The smallest absolute Gasteiger partial charge is 0.422 e. The molecule has 3 rings (SSSR count). The van der Waals surface area contributed by atoms with Gasteiger partial charge < -0.3 is 20.1 Å². The van der Waals surface area contributed by atoms with E-state index in [0.29, 0.717) is 30.3 Å². The van der Waals surface area contributed by atoms with Gasteiger partial charge in [0.15, 0.2) is 6.61 Å². The second-order valence-electron chi connectivity index (χ2n) is 6.73. The summed E-state index contributed by atoms with van der Waals surface area (Å²) < 4.78 is 47.7. The fourth-order valence-corrected chi connectivity index (χ4v) is 3.78. The summed E-state index contributed by atoms with van der Waals surface area (Å²) >= 11 is 0. The molecule has 0 bridgehead atoms. The number of alkyl halides is 3. The summed E-state index contributed by atoms with van der Waals surface area (Å²) in [5, 5.41) is 7.05. The van der Waals surface area contributed by atoms with E-state index in [-0.39, 0.29) is 0 Å². The Morgan fingerprint density at radius 2 is 2.08 bits per heavy atom. The predicted octanol–water partition coefficient (Wildman–Crippen LogP) is 2.87. The number of rotatable bonds is 6. The van der Waals surface area contributed by atoms with Crippen LogP contribution in [-0.2, 0) is 11.3 Å². The van der Waals surface area contributed by atoms with Crippen LogP contribution in [0.25, 0.3) is 0 Å². The molecule has 140 valence electrons. The molecule has 3 unspecified atom stereocenters. The highest BCUT2D eigenvalue weighted by atomic mass is 19.4. The maximum Gasteiger partial charge on any atom is 0.422 e. The van der Waals surface area contributed by atoms with Crippen molar-refractivity contribution in [1.82, 2.24) is 10.6 Å². The Labute approximate surface area is 146 Å². The number of ether oxygens (including phenoxy) is 2. The van der Waals surface area contributed by atoms with E-state index in [1.165, 1.54) is 0 Å². The average molecular weight is 358 g/mol. The van der Waals surface area contributed by atoms with Gasteiger partial charge in [-0.15, -0.1) is 0 Å². The lowest BCUT2D eigenvalue weighted by atomic mass is 9.94. The Bertz CT molecular complexity index is 547. The lowest BCUT2D eigenvalue weighted by Gasteiger charge is -2.33. The monoisotopic (exact) mass is 358 g/mol. The van der Waals surface area contributed by atoms with Gasteiger partial charge in [0.25, 0.3) is 0 Å². The van der Waals surface area contributed by atoms with Gasteiger partial charge in [0, 0.05) is 30.7 Å². The standard InChI is InChI=1S/C18H25F3N2O2/c19-18(20,21)12-25-17-7-2-1-4-13(17)10-23-15-6-3-5-14(15)16-11-24-9-8-22-16/h1-2,4,7,14-16,22-23H,3,5-6,8-12H2. The first kappa shape index (κ1) is 18.5. The predicted molar refractivity (Wildman–Crippen MR) is 88.6 cm³/mol. The fraction of sp³-hybridized carbons (Fsp3) is 0.667. The van der Waals surface area contributed by atoms with E-state index in [9.17, 15) is 13.2 Å². The lowest BCUT2D eigenvalue weighted by Crippen LogP contribution is -2.50. The van der Waals surface area contributed by atoms with Gasteiger partial charge in [0.2, 0.25) is 0 Å². The van der Waals surface area contributed by atoms with Crippen LogP contribution in [0.3, 0.4) is 0 Å². The summed E-state index contributed by atoms with van der Waals surface area (Å²) in [5.74, 6) is 0.782. The highest BCUT2D eigenvalue weighted by Gasteiger charge is 2.34. The van der Waals surface area contributed by atoms with Gasteiger partial charge in [-0.25, -0.2) is 0 Å². The van der Waals surface area contributed by atoms with Gasteiger partial charge in [-0.3, -0.25) is 0 Å². The summed E-state index contributed by atoms with van der Waals surface area (Å²) in [7, 11) is 0. The molecule has 7 heteroatoms. The summed E-state index contributed by atoms with van der Waals surface area (Å²) in [6, 6.07) is 7.60. The number of benzene rings is 1. The van der Waals surface area contributed by atoms with Crippen molar-refractivity contribution >= 4 is 0 Å². The van der Waals surface area contributed by atoms with Crippen LogP contribution in [0.2, 0.25) is 0 Å². The van der Waals surface area contributed by atoms with Gasteiger partial charge in [-0.05, 0) is 24.8 Å². The van der Waals surface area contributed by atoms with E-state index in [2.05, 4.69) is 10.6 Å². The van der Waals surface area contributed by atoms with E-state index in [1.54, 1.807) is 12.1 Å². The Balaban J connectivity index is 1.57. The van der Waals surface area contributed by atoms with Crippen molar-refractivity contribution in [3.63, 3.8) is 0 Å². The largest absolute Gasteiger partial charge is 0.484 e. The number of halogens is 3. The second kappa shape index (κ2) is 8.38. The van der Waals surface area contributed by atoms with Crippen molar-refractivity contribution in [3.8, 4) is 5.75 Å². The molecule has 2 N–H and O–H groups in total. The van der Waals surface area contributed by atoms with Gasteiger partial charge >= 0.3 is 6.18 Å². The molecule has 3 atom stereocenters. The molecule has 1 saturated heterocycles. The van der Waals surface area contributed by atoms with Crippen molar-refractivity contribution in [1.29, 1.82) is 0 Å². The SMILES string of the molecule is FC(F)(F)COc1ccccc1CNC1CCCC1C1COCCN1. The van der Waals surface area contributed by atoms with Crippen LogP contribution in [0, 0.1) is 5.92 Å². The lowest BCUT2D eigenvalue weighted by molar-refractivity contribution is -0.153. The Morgan fingerprint density at radius 3 is 2.84 bits per heavy atom. The summed E-state index contributed by atoms with van der Waals surface area (Å²) in [6.45, 7) is 1.60. The molecule has 0 spiro atoms. The minimum absolute atomic E-state index is 0.293. The minimum Gasteiger partial charge on any atom is -0.484 e. The highest BCUT2D eigenvalue weighted by molar-refractivity contribution is 5.33. The molecular weight excluding hydrogens is 333 g/mol. The van der Waals surface area contributed by atoms with Gasteiger partial charge in [0.1, 0.15) is 5.75 Å². The quantitative estimate of drug-likeness (QED) is 0.821. The van der Waals surface area contributed by atoms with Crippen LogP contribution in [0.4, 0.5) is 13.2 Å². The van der Waals surface area contributed by atoms with E-state index >= 15 is 0 Å². The molecular formula is C18H25F3N2O2. The first-order valence-electron chi connectivity index (χ1n) is 8.85. The maximum absolute atomic E-state index is 12.4. The number of morpholine rings is 1. The molecule has 25 heavy (non-hydrogen) atoms. The molecule has 1 aromatic rings. The van der Waals surface area contributed by atoms with Crippen LogP contribution in [0.5, 0.6) is 5.75 Å². The summed E-state index contributed by atoms with van der Waals surface area (Å²) in [4.78, 5) is 0. The third-order valence-electron chi connectivity index (χ3n) is 4.96. The highest BCUT2D eigenvalue weighted by Crippen LogP contribution is 2.30. The van der Waals surface area contributed by atoms with E-state index in [0.717, 1.165) is 44.6 Å². The van der Waals surface area contributed by atoms with Gasteiger partial charge in [0.05, 0.1) is 13.2 Å². The van der Waals surface area contributed by atoms with Crippen molar-refractivity contribution in [2.24, 2.45) is 5.92 Å². The molecule has 2 aliphatic rings. The van der Waals surface area contributed by atoms with Crippen molar-refractivity contribution in [2.45, 2.75) is 44.1 Å². The van der Waals surface area contributed by atoms with E-state index < -0.39 is 12.8 Å². The molecule has 0 radical (unpaired) electrons. The minimum atomic E-state index is -4.33. The Kier molecular flexibility index (Phi) is 6.19. The first-order valence-corrected chi connectivity index (χ1v) is 8.85. The number of para-hydroxylation sites is 1. The van der Waals surface area contributed by atoms with E-state index in [1.807, 2.05) is 12.1 Å². The topological polar surface area (TPSA) is 42.5 Å². The van der Waals surface area contributed by atoms with Crippen molar-refractivity contribution < 1.29 is 22.6 Å². The summed E-state index contributed by atoms with van der Waals surface area (Å²) in [6.07, 6.45) is -0.949. The maximum atomic E-state index is 12.4. The zero-order chi connectivity index (χ0) is 17.7. The van der Waals surface area contributed by atoms with Crippen LogP contribution < -0.4 is 15.4 Å². The molecule has 0 amide bonds. The van der Waals surface area contributed by atoms with Crippen molar-refractivity contribution in [3.05, 3.63) is 29.8 Å². The summed E-state index contributed by atoms with van der Waals surface area (Å²) in [5.41, 5.74) is 0.755. The van der Waals surface area contributed by atoms with Crippen LogP contribution in [0.15, 0.2) is 24.3 Å². The Hall–Kier alpha value is -1.31. The number of hydrogen-bond donors (Lipinski definition) is 2. The van der Waals surface area contributed by atoms with Crippen molar-refractivity contribution in [2.75, 3.05) is 26.4 Å². The molecule has 2 fully saturated rings.